The van der Waals surface area contributed by atoms with Crippen molar-refractivity contribution in [3.8, 4) is 0 Å². The van der Waals surface area contributed by atoms with Gasteiger partial charge in [0.05, 0.1) is 0 Å². The van der Waals surface area contributed by atoms with Gasteiger partial charge >= 0.3 is 0 Å². The van der Waals surface area contributed by atoms with Crippen LogP contribution in [0.3, 0.4) is 0 Å². The molecule has 0 saturated carbocycles. The number of hydrogen-bond acceptors (Lipinski definition) is 2. The minimum Gasteiger partial charge on any atom is -0.324 e. The molecule has 2 aromatic rings. The van der Waals surface area contributed by atoms with Crippen LogP contribution in [0.2, 0.25) is 0 Å². The lowest BCUT2D eigenvalue weighted by Gasteiger charge is -2.19. The lowest BCUT2D eigenvalue weighted by Crippen LogP contribution is -2.27. The Morgan fingerprint density at radius 3 is 2.57 bits per heavy atom. The molecule has 0 fully saturated rings. The molecule has 0 saturated heterocycles. The van der Waals surface area contributed by atoms with Crippen molar-refractivity contribution in [1.29, 1.82) is 0 Å². The molecule has 0 bridgehead atoms. The van der Waals surface area contributed by atoms with Crippen LogP contribution in [0.5, 0.6) is 0 Å². The maximum atomic E-state index is 13.2. The Bertz CT molecular complexity index is 601. The fourth-order valence-electron chi connectivity index (χ4n) is 2.14. The summed E-state index contributed by atoms with van der Waals surface area (Å²) in [6.07, 6.45) is 0.881. The molecule has 0 radical (unpaired) electrons. The molecule has 2 rings (SSSR count). The molecule has 0 spiro atoms. The van der Waals surface area contributed by atoms with E-state index in [1.54, 1.807) is 19.2 Å². The van der Waals surface area contributed by atoms with Crippen molar-refractivity contribution < 1.29 is 9.18 Å². The van der Waals surface area contributed by atoms with E-state index in [9.17, 15) is 9.18 Å². The van der Waals surface area contributed by atoms with Crippen molar-refractivity contribution in [2.75, 3.05) is 11.9 Å². The molecule has 0 heterocycles. The van der Waals surface area contributed by atoms with Gasteiger partial charge in [0.1, 0.15) is 5.82 Å². The summed E-state index contributed by atoms with van der Waals surface area (Å²) in [5.41, 5.74) is 7.64. The van der Waals surface area contributed by atoms with Gasteiger partial charge in [0, 0.05) is 25.2 Å². The van der Waals surface area contributed by atoms with E-state index >= 15 is 0 Å². The highest BCUT2D eigenvalue weighted by atomic mass is 19.1. The van der Waals surface area contributed by atoms with Crippen LogP contribution in [0, 0.1) is 5.82 Å². The van der Waals surface area contributed by atoms with Gasteiger partial charge in [0.2, 0.25) is 5.91 Å². The van der Waals surface area contributed by atoms with E-state index in [-0.39, 0.29) is 17.8 Å². The van der Waals surface area contributed by atoms with Crippen LogP contribution in [0.25, 0.3) is 0 Å². The first-order chi connectivity index (χ1) is 10.1. The number of carbonyl (C=O) groups is 1. The van der Waals surface area contributed by atoms with Crippen LogP contribution in [-0.2, 0) is 4.79 Å². The second kappa shape index (κ2) is 6.99. The average molecular weight is 286 g/mol. The molecule has 2 aromatic carbocycles. The normalized spacial score (nSPS) is 12.0. The molecule has 110 valence electrons. The number of nitrogens with zero attached hydrogens (tertiary/aromatic N) is 1. The molecule has 1 amide bonds. The summed E-state index contributed by atoms with van der Waals surface area (Å²) >= 11 is 0. The average Bonchev–Trinajstić information content (AvgIpc) is 2.52. The molecule has 21 heavy (non-hydrogen) atoms. The zero-order chi connectivity index (χ0) is 15.2. The SMILES string of the molecule is CN(C(=O)CC[C@@H](N)c1ccccc1)c1cccc(F)c1. The number of hydrogen-bond donors (Lipinski definition) is 1. The second-order valence-electron chi connectivity index (χ2n) is 4.99. The fraction of sp³-hybridized carbons (Fsp3) is 0.235. The molecule has 0 aliphatic rings. The third-order valence-electron chi connectivity index (χ3n) is 3.47. The molecular formula is C17H19FN2O. The van der Waals surface area contributed by atoms with E-state index in [0.717, 1.165) is 5.56 Å². The van der Waals surface area contributed by atoms with Crippen LogP contribution in [0.4, 0.5) is 10.1 Å². The molecule has 0 aliphatic heterocycles. The third-order valence-corrected chi connectivity index (χ3v) is 3.47. The van der Waals surface area contributed by atoms with Gasteiger partial charge in [-0.3, -0.25) is 4.79 Å². The molecular weight excluding hydrogens is 267 g/mol. The van der Waals surface area contributed by atoms with E-state index < -0.39 is 0 Å². The van der Waals surface area contributed by atoms with Crippen LogP contribution in [-0.4, -0.2) is 13.0 Å². The minimum absolute atomic E-state index is 0.0769. The highest BCUT2D eigenvalue weighted by Gasteiger charge is 2.14. The topological polar surface area (TPSA) is 46.3 Å². The van der Waals surface area contributed by atoms with Crippen LogP contribution in [0.15, 0.2) is 54.6 Å². The predicted molar refractivity (Wildman–Crippen MR) is 82.4 cm³/mol. The summed E-state index contributed by atoms with van der Waals surface area (Å²) in [5.74, 6) is -0.430. The molecule has 0 aromatic heterocycles. The van der Waals surface area contributed by atoms with Crippen LogP contribution >= 0.6 is 0 Å². The Balaban J connectivity index is 1.92. The van der Waals surface area contributed by atoms with Gasteiger partial charge in [-0.25, -0.2) is 4.39 Å². The summed E-state index contributed by atoms with van der Waals surface area (Å²) in [4.78, 5) is 13.6. The van der Waals surface area contributed by atoms with E-state index in [2.05, 4.69) is 0 Å². The summed E-state index contributed by atoms with van der Waals surface area (Å²) in [7, 11) is 1.64. The van der Waals surface area contributed by atoms with Crippen LogP contribution < -0.4 is 10.6 Å². The van der Waals surface area contributed by atoms with E-state index in [1.165, 1.54) is 17.0 Å². The van der Waals surface area contributed by atoms with Gasteiger partial charge in [0.15, 0.2) is 0 Å². The maximum Gasteiger partial charge on any atom is 0.226 e. The number of carbonyl (C=O) groups excluding carboxylic acids is 1. The van der Waals surface area contributed by atoms with Crippen molar-refractivity contribution in [3.63, 3.8) is 0 Å². The van der Waals surface area contributed by atoms with Gasteiger partial charge in [-0.05, 0) is 30.2 Å². The highest BCUT2D eigenvalue weighted by molar-refractivity contribution is 5.92. The van der Waals surface area contributed by atoms with Crippen molar-refractivity contribution in [2.24, 2.45) is 5.73 Å². The standard InChI is InChI=1S/C17H19FN2O/c1-20(15-9-5-8-14(18)12-15)17(21)11-10-16(19)13-6-3-2-4-7-13/h2-9,12,16H,10-11,19H2,1H3/t16-/m1/s1. The zero-order valence-corrected chi connectivity index (χ0v) is 12.0. The predicted octanol–water partition coefficient (Wildman–Crippen LogP) is 3.27. The van der Waals surface area contributed by atoms with Crippen molar-refractivity contribution in [2.45, 2.75) is 18.9 Å². The quantitative estimate of drug-likeness (QED) is 0.917. The van der Waals surface area contributed by atoms with Crippen molar-refractivity contribution >= 4 is 11.6 Å². The minimum atomic E-state index is -0.354. The van der Waals surface area contributed by atoms with E-state index in [1.807, 2.05) is 30.3 Å². The summed E-state index contributed by atoms with van der Waals surface area (Å²) in [6, 6.07) is 15.5. The Morgan fingerprint density at radius 1 is 1.19 bits per heavy atom. The summed E-state index contributed by atoms with van der Waals surface area (Å²) in [6.45, 7) is 0. The lowest BCUT2D eigenvalue weighted by molar-refractivity contribution is -0.118. The Morgan fingerprint density at radius 2 is 1.90 bits per heavy atom. The number of halogens is 1. The monoisotopic (exact) mass is 286 g/mol. The van der Waals surface area contributed by atoms with Gasteiger partial charge in [0.25, 0.3) is 0 Å². The van der Waals surface area contributed by atoms with Gasteiger partial charge in [-0.1, -0.05) is 36.4 Å². The van der Waals surface area contributed by atoms with Crippen molar-refractivity contribution in [1.82, 2.24) is 0 Å². The molecule has 4 heteroatoms. The molecule has 1 atom stereocenters. The molecule has 0 aliphatic carbocycles. The molecule has 0 unspecified atom stereocenters. The van der Waals surface area contributed by atoms with E-state index in [4.69, 9.17) is 5.73 Å². The lowest BCUT2D eigenvalue weighted by atomic mass is 10.0. The number of amides is 1. The fourth-order valence-corrected chi connectivity index (χ4v) is 2.14. The maximum absolute atomic E-state index is 13.2. The number of rotatable bonds is 5. The molecule has 3 nitrogen and oxygen atoms in total. The Kier molecular flexibility index (Phi) is 5.06. The number of benzene rings is 2. The van der Waals surface area contributed by atoms with Gasteiger partial charge < -0.3 is 10.6 Å². The van der Waals surface area contributed by atoms with Gasteiger partial charge in [-0.2, -0.15) is 0 Å². The smallest absolute Gasteiger partial charge is 0.226 e. The Labute approximate surface area is 124 Å². The van der Waals surface area contributed by atoms with Crippen molar-refractivity contribution in [3.05, 3.63) is 66.0 Å². The van der Waals surface area contributed by atoms with Gasteiger partial charge in [-0.15, -0.1) is 0 Å². The summed E-state index contributed by atoms with van der Waals surface area (Å²) in [5, 5.41) is 0. The largest absolute Gasteiger partial charge is 0.324 e. The zero-order valence-electron chi connectivity index (χ0n) is 12.0. The first-order valence-corrected chi connectivity index (χ1v) is 6.90. The Hall–Kier alpha value is -2.20. The highest BCUT2D eigenvalue weighted by Crippen LogP contribution is 2.19. The first-order valence-electron chi connectivity index (χ1n) is 6.90. The van der Waals surface area contributed by atoms with E-state index in [0.29, 0.717) is 18.5 Å². The number of anilines is 1. The number of nitrogens with two attached hydrogens (primary N) is 1. The molecule has 2 N–H and O–H groups in total. The summed E-state index contributed by atoms with van der Waals surface area (Å²) < 4.78 is 13.2. The first kappa shape index (κ1) is 15.2. The second-order valence-corrected chi connectivity index (χ2v) is 4.99. The van der Waals surface area contributed by atoms with Crippen LogP contribution in [0.1, 0.15) is 24.4 Å². The third kappa shape index (κ3) is 4.13.